The maximum absolute atomic E-state index is 12.8. The highest BCUT2D eigenvalue weighted by Gasteiger charge is 2.31. The third-order valence-corrected chi connectivity index (χ3v) is 5.09. The van der Waals surface area contributed by atoms with Gasteiger partial charge >= 0.3 is 0 Å². The zero-order valence-corrected chi connectivity index (χ0v) is 15.9. The molecule has 3 aromatic rings. The second-order valence-electron chi connectivity index (χ2n) is 7.12. The van der Waals surface area contributed by atoms with Crippen molar-refractivity contribution in [1.29, 1.82) is 0 Å². The highest BCUT2D eigenvalue weighted by Crippen LogP contribution is 2.35. The van der Waals surface area contributed by atoms with E-state index in [1.165, 1.54) is 0 Å². The largest absolute Gasteiger partial charge is 0.451 e. The standard InChI is InChI=1S/C20H19N7O2/c1-9-16-14(27-20(21)23-9)7-13(25-18(16)28)11-5-3-4-6-12(11)15-8-22-17-19(26-15)29-10(2)24-17/h3-6,8,10,13H,7H2,1-2H3,(H,22,24)(H,25,28)(H2,21,23,27)/t10?,13-/m1/s1. The van der Waals surface area contributed by atoms with Crippen LogP contribution in [0.4, 0.5) is 11.8 Å². The third-order valence-electron chi connectivity index (χ3n) is 5.09. The number of nitrogens with one attached hydrogen (secondary N) is 2. The molecule has 4 N–H and O–H groups in total. The smallest absolute Gasteiger partial charge is 0.260 e. The first-order valence-corrected chi connectivity index (χ1v) is 9.33. The minimum absolute atomic E-state index is 0.169. The number of carbonyl (C=O) groups is 1. The van der Waals surface area contributed by atoms with E-state index in [2.05, 4.69) is 30.6 Å². The van der Waals surface area contributed by atoms with Gasteiger partial charge < -0.3 is 21.1 Å². The normalized spacial score (nSPS) is 19.6. The number of ether oxygens (including phenoxy) is 1. The summed E-state index contributed by atoms with van der Waals surface area (Å²) in [6, 6.07) is 7.52. The van der Waals surface area contributed by atoms with Crippen molar-refractivity contribution >= 4 is 17.7 Å². The van der Waals surface area contributed by atoms with Gasteiger partial charge in [0.15, 0.2) is 12.0 Å². The van der Waals surface area contributed by atoms with Crippen molar-refractivity contribution in [3.05, 3.63) is 53.0 Å². The molecule has 0 spiro atoms. The van der Waals surface area contributed by atoms with Crippen molar-refractivity contribution in [3.63, 3.8) is 0 Å². The number of anilines is 2. The average Bonchev–Trinajstić information content (AvgIpc) is 3.06. The number of aryl methyl sites for hydroxylation is 1. The lowest BCUT2D eigenvalue weighted by Crippen LogP contribution is -2.37. The van der Waals surface area contributed by atoms with E-state index >= 15 is 0 Å². The van der Waals surface area contributed by atoms with Crippen LogP contribution in [0.15, 0.2) is 30.5 Å². The number of amides is 1. The van der Waals surface area contributed by atoms with Crippen molar-refractivity contribution < 1.29 is 9.53 Å². The molecule has 2 atom stereocenters. The lowest BCUT2D eigenvalue weighted by Gasteiger charge is -2.27. The van der Waals surface area contributed by atoms with Gasteiger partial charge in [-0.1, -0.05) is 24.3 Å². The molecule has 1 aromatic carbocycles. The molecule has 2 aliphatic rings. The Hall–Kier alpha value is -3.75. The fourth-order valence-electron chi connectivity index (χ4n) is 3.87. The Bertz CT molecular complexity index is 1150. The molecule has 5 rings (SSSR count). The van der Waals surface area contributed by atoms with Crippen LogP contribution in [-0.2, 0) is 6.42 Å². The summed E-state index contributed by atoms with van der Waals surface area (Å²) in [7, 11) is 0. The monoisotopic (exact) mass is 389 g/mol. The number of rotatable bonds is 2. The van der Waals surface area contributed by atoms with Gasteiger partial charge in [-0.05, 0) is 19.4 Å². The van der Waals surface area contributed by atoms with E-state index in [0.717, 1.165) is 11.1 Å². The van der Waals surface area contributed by atoms with Crippen LogP contribution in [0.2, 0.25) is 0 Å². The molecule has 146 valence electrons. The Labute approximate surface area is 166 Å². The maximum atomic E-state index is 12.8. The number of nitrogens with two attached hydrogens (primary N) is 1. The second-order valence-corrected chi connectivity index (χ2v) is 7.12. The molecule has 9 heteroatoms. The summed E-state index contributed by atoms with van der Waals surface area (Å²) >= 11 is 0. The van der Waals surface area contributed by atoms with Gasteiger partial charge in [0, 0.05) is 12.0 Å². The van der Waals surface area contributed by atoms with Crippen molar-refractivity contribution in [2.75, 3.05) is 11.1 Å². The maximum Gasteiger partial charge on any atom is 0.260 e. The van der Waals surface area contributed by atoms with Crippen LogP contribution in [-0.4, -0.2) is 32.1 Å². The number of nitrogens with zero attached hydrogens (tertiary/aromatic N) is 4. The molecule has 0 saturated heterocycles. The molecule has 0 aliphatic carbocycles. The SMILES string of the molecule is Cc1nc(N)nc2c1C(=O)N[C@@H](c1ccccc1-c1cnc3c(n1)OC(C)N3)C2. The van der Waals surface area contributed by atoms with Gasteiger partial charge in [0.2, 0.25) is 5.95 Å². The van der Waals surface area contributed by atoms with Crippen LogP contribution in [0.3, 0.4) is 0 Å². The summed E-state index contributed by atoms with van der Waals surface area (Å²) in [5, 5.41) is 6.17. The van der Waals surface area contributed by atoms with E-state index in [4.69, 9.17) is 10.5 Å². The first kappa shape index (κ1) is 17.4. The molecular formula is C20H19N7O2. The molecule has 0 bridgehead atoms. The van der Waals surface area contributed by atoms with E-state index in [0.29, 0.717) is 40.8 Å². The number of hydrogen-bond acceptors (Lipinski definition) is 8. The Morgan fingerprint density at radius 3 is 2.86 bits per heavy atom. The van der Waals surface area contributed by atoms with Crippen molar-refractivity contribution in [2.45, 2.75) is 32.5 Å². The zero-order chi connectivity index (χ0) is 20.1. The topological polar surface area (TPSA) is 128 Å². The van der Waals surface area contributed by atoms with Gasteiger partial charge in [0.1, 0.15) is 0 Å². The molecule has 9 nitrogen and oxygen atoms in total. The predicted octanol–water partition coefficient (Wildman–Crippen LogP) is 2.00. The van der Waals surface area contributed by atoms with Crippen LogP contribution in [0.1, 0.15) is 40.3 Å². The van der Waals surface area contributed by atoms with Gasteiger partial charge in [-0.15, -0.1) is 0 Å². The molecule has 29 heavy (non-hydrogen) atoms. The number of benzene rings is 1. The fourth-order valence-corrected chi connectivity index (χ4v) is 3.87. The van der Waals surface area contributed by atoms with E-state index in [-0.39, 0.29) is 24.1 Å². The summed E-state index contributed by atoms with van der Waals surface area (Å²) in [5.74, 6) is 1.07. The van der Waals surface area contributed by atoms with Gasteiger partial charge in [0.25, 0.3) is 11.8 Å². The number of aromatic nitrogens is 4. The zero-order valence-electron chi connectivity index (χ0n) is 15.9. The average molecular weight is 389 g/mol. The Morgan fingerprint density at radius 1 is 1.17 bits per heavy atom. The fraction of sp³-hybridized carbons (Fsp3) is 0.250. The molecule has 4 heterocycles. The van der Waals surface area contributed by atoms with Gasteiger partial charge in [-0.3, -0.25) is 4.79 Å². The Kier molecular flexibility index (Phi) is 3.83. The summed E-state index contributed by atoms with van der Waals surface area (Å²) in [6.45, 7) is 3.65. The molecule has 1 amide bonds. The van der Waals surface area contributed by atoms with Crippen molar-refractivity contribution in [1.82, 2.24) is 25.3 Å². The number of nitrogen functional groups attached to an aromatic ring is 1. The third kappa shape index (κ3) is 2.91. The second kappa shape index (κ2) is 6.40. The number of hydrogen-bond donors (Lipinski definition) is 3. The summed E-state index contributed by atoms with van der Waals surface area (Å²) in [5.41, 5.74) is 10.0. The van der Waals surface area contributed by atoms with Crippen LogP contribution >= 0.6 is 0 Å². The molecule has 2 aromatic heterocycles. The van der Waals surface area contributed by atoms with E-state index < -0.39 is 0 Å². The summed E-state index contributed by atoms with van der Waals surface area (Å²) in [4.78, 5) is 30.2. The molecular weight excluding hydrogens is 370 g/mol. The molecule has 1 unspecified atom stereocenters. The molecule has 2 aliphatic heterocycles. The molecule has 0 fully saturated rings. The quantitative estimate of drug-likeness (QED) is 0.607. The van der Waals surface area contributed by atoms with Gasteiger partial charge in [-0.2, -0.15) is 0 Å². The highest BCUT2D eigenvalue weighted by atomic mass is 16.5. The number of fused-ring (bicyclic) bond motifs is 2. The summed E-state index contributed by atoms with van der Waals surface area (Å²) in [6.07, 6.45) is 2.05. The number of carbonyl (C=O) groups excluding carboxylic acids is 1. The lowest BCUT2D eigenvalue weighted by atomic mass is 9.90. The van der Waals surface area contributed by atoms with Gasteiger partial charge in [0.05, 0.1) is 34.9 Å². The van der Waals surface area contributed by atoms with Crippen molar-refractivity contribution in [3.8, 4) is 17.1 Å². The van der Waals surface area contributed by atoms with Crippen LogP contribution in [0.5, 0.6) is 5.88 Å². The molecule has 0 saturated carbocycles. The highest BCUT2D eigenvalue weighted by molar-refractivity contribution is 5.98. The van der Waals surface area contributed by atoms with Crippen LogP contribution in [0, 0.1) is 6.92 Å². The Balaban J connectivity index is 1.56. The van der Waals surface area contributed by atoms with Gasteiger partial charge in [-0.25, -0.2) is 19.9 Å². The Morgan fingerprint density at radius 2 is 2.00 bits per heavy atom. The minimum atomic E-state index is -0.270. The summed E-state index contributed by atoms with van der Waals surface area (Å²) < 4.78 is 5.66. The van der Waals surface area contributed by atoms with E-state index in [1.54, 1.807) is 13.1 Å². The minimum Gasteiger partial charge on any atom is -0.451 e. The first-order chi connectivity index (χ1) is 14.0. The van der Waals surface area contributed by atoms with E-state index in [1.807, 2.05) is 31.2 Å². The molecule has 0 radical (unpaired) electrons. The van der Waals surface area contributed by atoms with E-state index in [9.17, 15) is 4.79 Å². The predicted molar refractivity (Wildman–Crippen MR) is 106 cm³/mol. The first-order valence-electron chi connectivity index (χ1n) is 9.33. The van der Waals surface area contributed by atoms with Crippen LogP contribution in [0.25, 0.3) is 11.3 Å². The lowest BCUT2D eigenvalue weighted by molar-refractivity contribution is 0.0922. The van der Waals surface area contributed by atoms with Crippen molar-refractivity contribution in [2.24, 2.45) is 0 Å². The van der Waals surface area contributed by atoms with Crippen LogP contribution < -0.4 is 21.1 Å².